The van der Waals surface area contributed by atoms with Crippen LogP contribution in [0.2, 0.25) is 0 Å². The second kappa shape index (κ2) is 5.97. The van der Waals surface area contributed by atoms with Crippen LogP contribution in [0.1, 0.15) is 24.1 Å². The van der Waals surface area contributed by atoms with E-state index in [4.69, 9.17) is 9.15 Å². The van der Waals surface area contributed by atoms with E-state index in [0.29, 0.717) is 24.7 Å². The number of fused-ring (bicyclic) bond motifs is 1. The van der Waals surface area contributed by atoms with Crippen molar-refractivity contribution >= 4 is 11.6 Å². The Morgan fingerprint density at radius 2 is 2.29 bits per heavy atom. The first-order chi connectivity index (χ1) is 10.2. The van der Waals surface area contributed by atoms with Gasteiger partial charge in [-0.25, -0.2) is 4.98 Å². The minimum absolute atomic E-state index is 0.0779. The minimum Gasteiger partial charge on any atom is -0.482 e. The number of hydrogen-bond donors (Lipinski definition) is 2. The SMILES string of the molecule is CCc1cnc(CNCc2ccc3c(c2)NC(=O)CO3)o1. The van der Waals surface area contributed by atoms with Crippen LogP contribution in [0.5, 0.6) is 5.75 Å². The van der Waals surface area contributed by atoms with Gasteiger partial charge in [0.25, 0.3) is 5.91 Å². The molecule has 6 nitrogen and oxygen atoms in total. The highest BCUT2D eigenvalue weighted by molar-refractivity contribution is 5.95. The number of anilines is 1. The molecule has 2 aromatic rings. The van der Waals surface area contributed by atoms with Gasteiger partial charge in [-0.15, -0.1) is 0 Å². The number of hydrogen-bond acceptors (Lipinski definition) is 5. The second-order valence-corrected chi connectivity index (χ2v) is 4.84. The van der Waals surface area contributed by atoms with E-state index in [9.17, 15) is 4.79 Å². The third kappa shape index (κ3) is 3.22. The van der Waals surface area contributed by atoms with Gasteiger partial charge in [-0.2, -0.15) is 0 Å². The molecule has 0 radical (unpaired) electrons. The Bertz CT molecular complexity index is 651. The molecular weight excluding hydrogens is 270 g/mol. The molecule has 0 saturated heterocycles. The number of aromatic nitrogens is 1. The Morgan fingerprint density at radius 3 is 3.10 bits per heavy atom. The molecule has 1 aromatic carbocycles. The number of carbonyl (C=O) groups excluding carboxylic acids is 1. The molecule has 1 aliphatic rings. The van der Waals surface area contributed by atoms with Crippen molar-refractivity contribution in [1.82, 2.24) is 10.3 Å². The number of oxazole rings is 1. The number of ether oxygens (including phenoxy) is 1. The smallest absolute Gasteiger partial charge is 0.262 e. The highest BCUT2D eigenvalue weighted by Crippen LogP contribution is 2.28. The van der Waals surface area contributed by atoms with Gasteiger partial charge in [-0.1, -0.05) is 13.0 Å². The van der Waals surface area contributed by atoms with Gasteiger partial charge in [0, 0.05) is 13.0 Å². The molecule has 1 amide bonds. The van der Waals surface area contributed by atoms with Gasteiger partial charge in [0.2, 0.25) is 5.89 Å². The van der Waals surface area contributed by atoms with Crippen molar-refractivity contribution in [1.29, 1.82) is 0 Å². The van der Waals surface area contributed by atoms with Crippen LogP contribution in [0, 0.1) is 0 Å². The second-order valence-electron chi connectivity index (χ2n) is 4.84. The molecule has 0 bridgehead atoms. The summed E-state index contributed by atoms with van der Waals surface area (Å²) in [6.07, 6.45) is 2.60. The predicted octanol–water partition coefficient (Wildman–Crippen LogP) is 1.86. The van der Waals surface area contributed by atoms with E-state index in [1.165, 1.54) is 0 Å². The van der Waals surface area contributed by atoms with Crippen molar-refractivity contribution in [2.75, 3.05) is 11.9 Å². The van der Waals surface area contributed by atoms with E-state index in [-0.39, 0.29) is 12.5 Å². The number of aryl methyl sites for hydroxylation is 1. The summed E-state index contributed by atoms with van der Waals surface area (Å²) in [5.74, 6) is 2.15. The number of benzene rings is 1. The van der Waals surface area contributed by atoms with E-state index >= 15 is 0 Å². The minimum atomic E-state index is -0.125. The van der Waals surface area contributed by atoms with Crippen molar-refractivity contribution in [2.45, 2.75) is 26.4 Å². The van der Waals surface area contributed by atoms with Crippen LogP contribution >= 0.6 is 0 Å². The van der Waals surface area contributed by atoms with E-state index in [0.717, 1.165) is 23.4 Å². The first-order valence-electron chi connectivity index (χ1n) is 6.94. The zero-order chi connectivity index (χ0) is 14.7. The van der Waals surface area contributed by atoms with E-state index in [2.05, 4.69) is 15.6 Å². The first kappa shape index (κ1) is 13.6. The summed E-state index contributed by atoms with van der Waals surface area (Å²) >= 11 is 0. The standard InChI is InChI=1S/C15H17N3O3/c1-2-11-7-17-15(21-11)8-16-6-10-3-4-13-12(5-10)18-14(19)9-20-13/h3-5,7,16H,2,6,8-9H2,1H3,(H,18,19). The van der Waals surface area contributed by atoms with Crippen molar-refractivity contribution in [3.05, 3.63) is 41.6 Å². The lowest BCUT2D eigenvalue weighted by Crippen LogP contribution is -2.25. The Balaban J connectivity index is 1.58. The molecular formula is C15H17N3O3. The molecule has 1 aromatic heterocycles. The van der Waals surface area contributed by atoms with Crippen LogP contribution in [0.4, 0.5) is 5.69 Å². The molecule has 0 fully saturated rings. The summed E-state index contributed by atoms with van der Waals surface area (Å²) in [6.45, 7) is 3.34. The maximum Gasteiger partial charge on any atom is 0.262 e. The molecule has 0 unspecified atom stereocenters. The number of nitrogens with one attached hydrogen (secondary N) is 2. The Morgan fingerprint density at radius 1 is 1.38 bits per heavy atom. The molecule has 2 N–H and O–H groups in total. The van der Waals surface area contributed by atoms with Gasteiger partial charge < -0.3 is 19.8 Å². The Labute approximate surface area is 122 Å². The number of amides is 1. The van der Waals surface area contributed by atoms with Crippen LogP contribution < -0.4 is 15.4 Å². The zero-order valence-corrected chi connectivity index (χ0v) is 11.8. The first-order valence-corrected chi connectivity index (χ1v) is 6.94. The van der Waals surface area contributed by atoms with Gasteiger partial charge in [-0.3, -0.25) is 4.79 Å². The summed E-state index contributed by atoms with van der Waals surface area (Å²) in [7, 11) is 0. The van der Waals surface area contributed by atoms with Crippen molar-refractivity contribution in [3.63, 3.8) is 0 Å². The summed E-state index contributed by atoms with van der Waals surface area (Å²) < 4.78 is 10.8. The molecule has 3 rings (SSSR count). The zero-order valence-electron chi connectivity index (χ0n) is 11.8. The van der Waals surface area contributed by atoms with E-state index < -0.39 is 0 Å². The molecule has 6 heteroatoms. The van der Waals surface area contributed by atoms with E-state index in [1.807, 2.05) is 25.1 Å². The van der Waals surface area contributed by atoms with Crippen molar-refractivity contribution in [3.8, 4) is 5.75 Å². The highest BCUT2D eigenvalue weighted by atomic mass is 16.5. The number of rotatable bonds is 5. The third-order valence-corrected chi connectivity index (χ3v) is 3.23. The summed E-state index contributed by atoms with van der Waals surface area (Å²) in [6, 6.07) is 5.74. The monoisotopic (exact) mass is 287 g/mol. The molecule has 0 saturated carbocycles. The third-order valence-electron chi connectivity index (χ3n) is 3.23. The molecule has 0 atom stereocenters. The molecule has 0 aliphatic carbocycles. The van der Waals surface area contributed by atoms with Crippen LogP contribution in [0.25, 0.3) is 0 Å². The fourth-order valence-corrected chi connectivity index (χ4v) is 2.15. The molecule has 1 aliphatic heterocycles. The van der Waals surface area contributed by atoms with Crippen LogP contribution in [-0.2, 0) is 24.3 Å². The van der Waals surface area contributed by atoms with Gasteiger partial charge in [0.15, 0.2) is 6.61 Å². The number of carbonyl (C=O) groups is 1. The topological polar surface area (TPSA) is 76.4 Å². The quantitative estimate of drug-likeness (QED) is 0.877. The summed E-state index contributed by atoms with van der Waals surface area (Å²) in [5, 5.41) is 6.06. The normalized spacial score (nSPS) is 13.5. The maximum atomic E-state index is 11.3. The largest absolute Gasteiger partial charge is 0.482 e. The highest BCUT2D eigenvalue weighted by Gasteiger charge is 2.15. The fourth-order valence-electron chi connectivity index (χ4n) is 2.15. The van der Waals surface area contributed by atoms with Crippen LogP contribution in [-0.4, -0.2) is 17.5 Å². The summed E-state index contributed by atoms with van der Waals surface area (Å²) in [5.41, 5.74) is 1.77. The number of nitrogens with zero attached hydrogens (tertiary/aromatic N) is 1. The van der Waals surface area contributed by atoms with E-state index in [1.54, 1.807) is 6.20 Å². The average Bonchev–Trinajstić information content (AvgIpc) is 2.95. The van der Waals surface area contributed by atoms with Crippen LogP contribution in [0.3, 0.4) is 0 Å². The van der Waals surface area contributed by atoms with Gasteiger partial charge in [-0.05, 0) is 17.7 Å². The maximum absolute atomic E-state index is 11.3. The van der Waals surface area contributed by atoms with Crippen LogP contribution in [0.15, 0.2) is 28.8 Å². The Kier molecular flexibility index (Phi) is 3.87. The molecule has 21 heavy (non-hydrogen) atoms. The van der Waals surface area contributed by atoms with Crippen molar-refractivity contribution < 1.29 is 13.9 Å². The lowest BCUT2D eigenvalue weighted by molar-refractivity contribution is -0.118. The molecule has 110 valence electrons. The fraction of sp³-hybridized carbons (Fsp3) is 0.333. The van der Waals surface area contributed by atoms with Gasteiger partial charge in [0.1, 0.15) is 11.5 Å². The molecule has 0 spiro atoms. The predicted molar refractivity (Wildman–Crippen MR) is 77.0 cm³/mol. The average molecular weight is 287 g/mol. The Hall–Kier alpha value is -2.34. The van der Waals surface area contributed by atoms with Crippen molar-refractivity contribution in [2.24, 2.45) is 0 Å². The lowest BCUT2D eigenvalue weighted by atomic mass is 10.1. The lowest BCUT2D eigenvalue weighted by Gasteiger charge is -2.18. The summed E-state index contributed by atoms with van der Waals surface area (Å²) in [4.78, 5) is 15.5. The van der Waals surface area contributed by atoms with Gasteiger partial charge >= 0.3 is 0 Å². The van der Waals surface area contributed by atoms with Gasteiger partial charge in [0.05, 0.1) is 18.4 Å². The molecule has 2 heterocycles.